The molecular weight excluding hydrogens is 232 g/mol. The molecule has 0 aliphatic carbocycles. The number of amides is 1. The van der Waals surface area contributed by atoms with Crippen LogP contribution in [0.3, 0.4) is 0 Å². The highest BCUT2D eigenvalue weighted by atomic mass is 32.2. The highest BCUT2D eigenvalue weighted by Gasteiger charge is 2.31. The smallest absolute Gasteiger partial charge is 0.239 e. The van der Waals surface area contributed by atoms with Crippen LogP contribution in [0.2, 0.25) is 0 Å². The van der Waals surface area contributed by atoms with Crippen LogP contribution in [0.4, 0.5) is 0 Å². The van der Waals surface area contributed by atoms with Crippen molar-refractivity contribution in [2.24, 2.45) is 0 Å². The Balaban J connectivity index is 1.76. The molecule has 17 heavy (non-hydrogen) atoms. The molecule has 2 heterocycles. The molecule has 2 aliphatic heterocycles. The maximum absolute atomic E-state index is 12.1. The topological polar surface area (TPSA) is 32.3 Å². The molecule has 2 atom stereocenters. The zero-order valence-electron chi connectivity index (χ0n) is 11.0. The summed E-state index contributed by atoms with van der Waals surface area (Å²) < 4.78 is 0.347. The molecule has 0 radical (unpaired) electrons. The number of hydrogen-bond donors (Lipinski definition) is 1. The zero-order chi connectivity index (χ0) is 12.3. The Kier molecular flexibility index (Phi) is 4.36. The van der Waals surface area contributed by atoms with Crippen molar-refractivity contribution in [3.8, 4) is 0 Å². The molecule has 0 aromatic heterocycles. The van der Waals surface area contributed by atoms with Gasteiger partial charge in [0.2, 0.25) is 5.91 Å². The third kappa shape index (κ3) is 3.38. The van der Waals surface area contributed by atoms with Gasteiger partial charge in [0.25, 0.3) is 0 Å². The maximum Gasteiger partial charge on any atom is 0.239 e. The second-order valence-corrected chi connectivity index (χ2v) is 7.22. The van der Waals surface area contributed by atoms with Gasteiger partial charge in [0, 0.05) is 24.4 Å². The van der Waals surface area contributed by atoms with Crippen LogP contribution in [-0.4, -0.2) is 47.0 Å². The van der Waals surface area contributed by atoms with Gasteiger partial charge in [-0.25, -0.2) is 0 Å². The van der Waals surface area contributed by atoms with Crippen LogP contribution in [-0.2, 0) is 4.79 Å². The van der Waals surface area contributed by atoms with E-state index in [1.165, 1.54) is 31.4 Å². The second-order valence-electron chi connectivity index (χ2n) is 5.54. The minimum absolute atomic E-state index is 0.0221. The molecule has 0 aromatic carbocycles. The van der Waals surface area contributed by atoms with E-state index >= 15 is 0 Å². The van der Waals surface area contributed by atoms with Crippen LogP contribution < -0.4 is 5.32 Å². The van der Waals surface area contributed by atoms with Gasteiger partial charge in [-0.05, 0) is 45.3 Å². The fourth-order valence-electron chi connectivity index (χ4n) is 2.64. The van der Waals surface area contributed by atoms with Crippen LogP contribution in [0.5, 0.6) is 0 Å². The predicted octanol–water partition coefficient (Wildman–Crippen LogP) is 1.87. The number of nitrogens with one attached hydrogen (secondary N) is 1. The summed E-state index contributed by atoms with van der Waals surface area (Å²) >= 11 is 2.04. The quantitative estimate of drug-likeness (QED) is 0.833. The van der Waals surface area contributed by atoms with Crippen LogP contribution >= 0.6 is 11.8 Å². The van der Waals surface area contributed by atoms with Gasteiger partial charge in [-0.2, -0.15) is 11.8 Å². The van der Waals surface area contributed by atoms with Crippen LogP contribution in [0, 0.1) is 0 Å². The SMILES string of the molecule is CC(NCC1(C)CCCS1)C(=O)N1CCCC1. The number of hydrogen-bond acceptors (Lipinski definition) is 3. The van der Waals surface area contributed by atoms with Gasteiger partial charge in [0.05, 0.1) is 6.04 Å². The van der Waals surface area contributed by atoms with Crippen molar-refractivity contribution in [1.29, 1.82) is 0 Å². The molecule has 98 valence electrons. The number of rotatable bonds is 4. The number of thioether (sulfide) groups is 1. The lowest BCUT2D eigenvalue weighted by Crippen LogP contribution is -2.47. The Morgan fingerprint density at radius 3 is 2.71 bits per heavy atom. The molecule has 2 aliphatic rings. The van der Waals surface area contributed by atoms with Crippen molar-refractivity contribution in [3.63, 3.8) is 0 Å². The van der Waals surface area contributed by atoms with E-state index in [1.54, 1.807) is 0 Å². The Morgan fingerprint density at radius 2 is 2.12 bits per heavy atom. The number of carbonyl (C=O) groups is 1. The lowest BCUT2D eigenvalue weighted by atomic mass is 10.1. The molecule has 2 saturated heterocycles. The van der Waals surface area contributed by atoms with E-state index in [4.69, 9.17) is 0 Å². The Morgan fingerprint density at radius 1 is 1.41 bits per heavy atom. The highest BCUT2D eigenvalue weighted by molar-refractivity contribution is 8.00. The monoisotopic (exact) mass is 256 g/mol. The maximum atomic E-state index is 12.1. The van der Waals surface area contributed by atoms with Gasteiger partial charge in [-0.15, -0.1) is 0 Å². The van der Waals surface area contributed by atoms with Crippen LogP contribution in [0.15, 0.2) is 0 Å². The molecule has 0 bridgehead atoms. The normalized spacial score (nSPS) is 30.8. The summed E-state index contributed by atoms with van der Waals surface area (Å²) in [4.78, 5) is 14.1. The van der Waals surface area contributed by atoms with Crippen molar-refractivity contribution in [1.82, 2.24) is 10.2 Å². The van der Waals surface area contributed by atoms with Gasteiger partial charge < -0.3 is 10.2 Å². The minimum atomic E-state index is -0.0221. The molecule has 2 fully saturated rings. The van der Waals surface area contributed by atoms with Gasteiger partial charge in [-0.3, -0.25) is 4.79 Å². The molecule has 2 rings (SSSR count). The van der Waals surface area contributed by atoms with Gasteiger partial charge in [0.1, 0.15) is 0 Å². The molecule has 1 N–H and O–H groups in total. The van der Waals surface area contributed by atoms with Gasteiger partial charge in [0.15, 0.2) is 0 Å². The first-order valence-corrected chi connectivity index (χ1v) is 7.75. The summed E-state index contributed by atoms with van der Waals surface area (Å²) in [6.45, 7) is 7.18. The first-order valence-electron chi connectivity index (χ1n) is 6.77. The Bertz CT molecular complexity index is 271. The fourth-order valence-corrected chi connectivity index (χ4v) is 3.90. The van der Waals surface area contributed by atoms with E-state index in [-0.39, 0.29) is 11.9 Å². The number of likely N-dealkylation sites (tertiary alicyclic amines) is 1. The molecule has 0 aromatic rings. The molecule has 4 heteroatoms. The number of carbonyl (C=O) groups excluding carboxylic acids is 1. The first-order chi connectivity index (χ1) is 8.11. The van der Waals surface area contributed by atoms with E-state index in [0.717, 1.165) is 19.6 Å². The van der Waals surface area contributed by atoms with Crippen molar-refractivity contribution in [2.45, 2.75) is 50.3 Å². The largest absolute Gasteiger partial charge is 0.341 e. The van der Waals surface area contributed by atoms with E-state index < -0.39 is 0 Å². The third-order valence-corrected chi connectivity index (χ3v) is 5.41. The van der Waals surface area contributed by atoms with Crippen molar-refractivity contribution >= 4 is 17.7 Å². The predicted molar refractivity (Wildman–Crippen MR) is 73.4 cm³/mol. The van der Waals surface area contributed by atoms with Crippen molar-refractivity contribution < 1.29 is 4.79 Å². The summed E-state index contributed by atoms with van der Waals surface area (Å²) in [5.41, 5.74) is 0. The molecule has 1 amide bonds. The summed E-state index contributed by atoms with van der Waals surface area (Å²) in [7, 11) is 0. The summed E-state index contributed by atoms with van der Waals surface area (Å²) in [5.74, 6) is 1.56. The second kappa shape index (κ2) is 5.61. The Labute approximate surface area is 109 Å². The summed E-state index contributed by atoms with van der Waals surface area (Å²) in [5, 5.41) is 3.43. The summed E-state index contributed by atoms with van der Waals surface area (Å²) in [6, 6.07) is -0.0221. The number of nitrogens with zero attached hydrogens (tertiary/aromatic N) is 1. The van der Waals surface area contributed by atoms with Gasteiger partial charge in [-0.1, -0.05) is 0 Å². The van der Waals surface area contributed by atoms with E-state index in [2.05, 4.69) is 12.2 Å². The molecule has 0 spiro atoms. The minimum Gasteiger partial charge on any atom is -0.341 e. The van der Waals surface area contributed by atoms with Crippen molar-refractivity contribution in [2.75, 3.05) is 25.4 Å². The van der Waals surface area contributed by atoms with Crippen LogP contribution in [0.1, 0.15) is 39.5 Å². The van der Waals surface area contributed by atoms with E-state index in [9.17, 15) is 4.79 Å². The fraction of sp³-hybridized carbons (Fsp3) is 0.923. The molecule has 3 nitrogen and oxygen atoms in total. The lowest BCUT2D eigenvalue weighted by molar-refractivity contribution is -0.131. The van der Waals surface area contributed by atoms with E-state index in [0.29, 0.717) is 4.75 Å². The third-order valence-electron chi connectivity index (χ3n) is 3.87. The average Bonchev–Trinajstić information content (AvgIpc) is 2.96. The van der Waals surface area contributed by atoms with E-state index in [1.807, 2.05) is 23.6 Å². The first kappa shape index (κ1) is 13.2. The molecular formula is C13H24N2OS. The van der Waals surface area contributed by atoms with Crippen molar-refractivity contribution in [3.05, 3.63) is 0 Å². The van der Waals surface area contributed by atoms with Gasteiger partial charge >= 0.3 is 0 Å². The molecule has 2 unspecified atom stereocenters. The van der Waals surface area contributed by atoms with Crippen LogP contribution in [0.25, 0.3) is 0 Å². The summed E-state index contributed by atoms with van der Waals surface area (Å²) in [6.07, 6.45) is 4.94. The standard InChI is InChI=1S/C13H24N2OS/c1-11(12(16)15-7-3-4-8-15)14-10-13(2)6-5-9-17-13/h11,14H,3-10H2,1-2H3. The lowest BCUT2D eigenvalue weighted by Gasteiger charge is -2.27. The zero-order valence-corrected chi connectivity index (χ0v) is 11.8. The Hall–Kier alpha value is -0.220. The highest BCUT2D eigenvalue weighted by Crippen LogP contribution is 2.37. The molecule has 0 saturated carbocycles. The average molecular weight is 256 g/mol.